The normalized spacial score (nSPS) is 20.7. The lowest BCUT2D eigenvalue weighted by Gasteiger charge is -2.34. The highest BCUT2D eigenvalue weighted by molar-refractivity contribution is 7.89. The van der Waals surface area contributed by atoms with E-state index in [0.717, 1.165) is 5.56 Å². The van der Waals surface area contributed by atoms with Gasteiger partial charge in [0.2, 0.25) is 10.0 Å². The topological polar surface area (TPSA) is 75.7 Å². The van der Waals surface area contributed by atoms with E-state index in [1.165, 1.54) is 16.4 Å². The van der Waals surface area contributed by atoms with Crippen molar-refractivity contribution in [3.8, 4) is 0 Å². The van der Waals surface area contributed by atoms with Crippen LogP contribution in [0.15, 0.2) is 47.4 Å². The van der Waals surface area contributed by atoms with E-state index in [9.17, 15) is 13.2 Å². The van der Waals surface area contributed by atoms with Crippen molar-refractivity contribution in [3.63, 3.8) is 0 Å². The van der Waals surface area contributed by atoms with Crippen LogP contribution in [0.5, 0.6) is 0 Å². The largest absolute Gasteiger partial charge is 0.373 e. The quantitative estimate of drug-likeness (QED) is 0.815. The van der Waals surface area contributed by atoms with E-state index in [4.69, 9.17) is 16.3 Å². The summed E-state index contributed by atoms with van der Waals surface area (Å²) in [5.74, 6) is -0.402. The first-order chi connectivity index (χ1) is 13.2. The zero-order valence-electron chi connectivity index (χ0n) is 16.0. The number of carbonyl (C=O) groups is 1. The predicted molar refractivity (Wildman–Crippen MR) is 109 cm³/mol. The van der Waals surface area contributed by atoms with Gasteiger partial charge < -0.3 is 10.1 Å². The van der Waals surface area contributed by atoms with Crippen molar-refractivity contribution in [3.05, 3.63) is 58.6 Å². The molecule has 2 atom stereocenters. The maximum absolute atomic E-state index is 13.0. The van der Waals surface area contributed by atoms with E-state index in [-0.39, 0.29) is 35.8 Å². The van der Waals surface area contributed by atoms with Crippen LogP contribution in [0.25, 0.3) is 0 Å². The van der Waals surface area contributed by atoms with Crippen LogP contribution in [-0.4, -0.2) is 43.9 Å². The third kappa shape index (κ3) is 4.55. The molecule has 1 heterocycles. The zero-order chi connectivity index (χ0) is 20.5. The van der Waals surface area contributed by atoms with E-state index in [1.54, 1.807) is 30.3 Å². The van der Waals surface area contributed by atoms with Crippen LogP contribution < -0.4 is 5.32 Å². The van der Waals surface area contributed by atoms with Crippen LogP contribution in [0.1, 0.15) is 29.8 Å². The molecule has 2 aromatic rings. The van der Waals surface area contributed by atoms with Crippen LogP contribution >= 0.6 is 11.6 Å². The van der Waals surface area contributed by atoms with Crippen molar-refractivity contribution in [2.24, 2.45) is 0 Å². The Hall–Kier alpha value is -1.93. The average molecular weight is 423 g/mol. The van der Waals surface area contributed by atoms with Crippen molar-refractivity contribution in [2.75, 3.05) is 18.4 Å². The first kappa shape index (κ1) is 20.8. The molecule has 0 aliphatic carbocycles. The van der Waals surface area contributed by atoms with E-state index >= 15 is 0 Å². The van der Waals surface area contributed by atoms with Gasteiger partial charge in [-0.15, -0.1) is 0 Å². The number of benzene rings is 2. The smallest absolute Gasteiger partial charge is 0.255 e. The molecule has 1 fully saturated rings. The lowest BCUT2D eigenvalue weighted by Crippen LogP contribution is -2.48. The number of morpholine rings is 1. The first-order valence-corrected chi connectivity index (χ1v) is 10.8. The van der Waals surface area contributed by atoms with E-state index in [1.807, 2.05) is 20.8 Å². The number of rotatable bonds is 4. The minimum Gasteiger partial charge on any atom is -0.373 e. The van der Waals surface area contributed by atoms with Gasteiger partial charge in [0, 0.05) is 29.4 Å². The Labute approximate surface area is 170 Å². The molecule has 0 aromatic heterocycles. The van der Waals surface area contributed by atoms with Gasteiger partial charge in [0.15, 0.2) is 0 Å². The Morgan fingerprint density at radius 3 is 2.46 bits per heavy atom. The standard InChI is InChI=1S/C20H23ClN2O4S/c1-13-7-8-17(10-19(13)21)22-20(24)16-5-4-6-18(9-16)28(25,26)23-11-14(2)27-15(3)12-23/h4-10,14-15H,11-12H2,1-3H3,(H,22,24)/t14-,15-/m0/s1. The molecule has 1 aliphatic rings. The van der Waals surface area contributed by atoms with Gasteiger partial charge in [-0.3, -0.25) is 4.79 Å². The Bertz CT molecular complexity index is 983. The monoisotopic (exact) mass is 422 g/mol. The molecule has 0 spiro atoms. The summed E-state index contributed by atoms with van der Waals surface area (Å²) in [4.78, 5) is 12.7. The molecule has 1 saturated heterocycles. The van der Waals surface area contributed by atoms with Crippen molar-refractivity contribution in [1.29, 1.82) is 0 Å². The molecule has 0 radical (unpaired) electrons. The molecule has 150 valence electrons. The summed E-state index contributed by atoms with van der Waals surface area (Å²) >= 11 is 6.09. The van der Waals surface area contributed by atoms with Gasteiger partial charge in [-0.05, 0) is 56.7 Å². The fourth-order valence-electron chi connectivity index (χ4n) is 3.15. The van der Waals surface area contributed by atoms with Gasteiger partial charge in [-0.1, -0.05) is 23.7 Å². The number of sulfonamides is 1. The molecule has 6 nitrogen and oxygen atoms in total. The number of nitrogens with one attached hydrogen (secondary N) is 1. The number of hydrogen-bond acceptors (Lipinski definition) is 4. The number of hydrogen-bond donors (Lipinski definition) is 1. The highest BCUT2D eigenvalue weighted by Gasteiger charge is 2.32. The van der Waals surface area contributed by atoms with Gasteiger partial charge in [0.25, 0.3) is 5.91 Å². The van der Waals surface area contributed by atoms with Gasteiger partial charge in [0.1, 0.15) is 0 Å². The van der Waals surface area contributed by atoms with Gasteiger partial charge in [-0.2, -0.15) is 4.31 Å². The predicted octanol–water partition coefficient (Wildman–Crippen LogP) is 3.70. The van der Waals surface area contributed by atoms with Crippen LogP contribution in [0.2, 0.25) is 5.02 Å². The van der Waals surface area contributed by atoms with Crippen molar-refractivity contribution < 1.29 is 17.9 Å². The Morgan fingerprint density at radius 1 is 1.14 bits per heavy atom. The number of anilines is 1. The van der Waals surface area contributed by atoms with Gasteiger partial charge >= 0.3 is 0 Å². The maximum atomic E-state index is 13.0. The van der Waals surface area contributed by atoms with E-state index in [2.05, 4.69) is 5.32 Å². The molecule has 8 heteroatoms. The fraction of sp³-hybridized carbons (Fsp3) is 0.350. The molecule has 28 heavy (non-hydrogen) atoms. The van der Waals surface area contributed by atoms with Crippen LogP contribution in [0, 0.1) is 6.92 Å². The zero-order valence-corrected chi connectivity index (χ0v) is 17.5. The van der Waals surface area contributed by atoms with Crippen LogP contribution in [0.4, 0.5) is 5.69 Å². The average Bonchev–Trinajstić information content (AvgIpc) is 2.64. The Balaban J connectivity index is 1.83. The minimum absolute atomic E-state index is 0.0865. The SMILES string of the molecule is Cc1ccc(NC(=O)c2cccc(S(=O)(=O)N3C[C@H](C)O[C@@H](C)C3)c2)cc1Cl. The summed E-state index contributed by atoms with van der Waals surface area (Å²) in [6, 6.07) is 11.2. The molecule has 0 bridgehead atoms. The van der Waals surface area contributed by atoms with Crippen LogP contribution in [0.3, 0.4) is 0 Å². The number of ether oxygens (including phenoxy) is 1. The van der Waals surface area contributed by atoms with E-state index < -0.39 is 15.9 Å². The number of nitrogens with zero attached hydrogens (tertiary/aromatic N) is 1. The summed E-state index contributed by atoms with van der Waals surface area (Å²) in [7, 11) is -3.72. The molecule has 1 aliphatic heterocycles. The summed E-state index contributed by atoms with van der Waals surface area (Å²) in [5, 5.41) is 3.29. The molecular weight excluding hydrogens is 400 g/mol. The number of halogens is 1. The Morgan fingerprint density at radius 2 is 1.82 bits per heavy atom. The van der Waals surface area contributed by atoms with Crippen molar-refractivity contribution in [1.82, 2.24) is 4.31 Å². The van der Waals surface area contributed by atoms with Crippen molar-refractivity contribution >= 4 is 33.2 Å². The second kappa shape index (κ2) is 8.21. The molecule has 1 amide bonds. The third-order valence-corrected chi connectivity index (χ3v) is 6.78. The van der Waals surface area contributed by atoms with Crippen LogP contribution in [-0.2, 0) is 14.8 Å². The molecular formula is C20H23ClN2O4S. The number of carbonyl (C=O) groups excluding carboxylic acids is 1. The second-order valence-corrected chi connectivity index (χ2v) is 9.37. The van der Waals surface area contributed by atoms with Crippen molar-refractivity contribution in [2.45, 2.75) is 37.9 Å². The van der Waals surface area contributed by atoms with E-state index in [0.29, 0.717) is 10.7 Å². The van der Waals surface area contributed by atoms with Gasteiger partial charge in [-0.25, -0.2) is 8.42 Å². The molecule has 2 aromatic carbocycles. The van der Waals surface area contributed by atoms with Gasteiger partial charge in [0.05, 0.1) is 17.1 Å². The summed E-state index contributed by atoms with van der Waals surface area (Å²) in [6.07, 6.45) is -0.368. The summed E-state index contributed by atoms with van der Waals surface area (Å²) < 4.78 is 33.0. The first-order valence-electron chi connectivity index (χ1n) is 9.00. The summed E-state index contributed by atoms with van der Waals surface area (Å²) in [5.41, 5.74) is 1.71. The highest BCUT2D eigenvalue weighted by atomic mass is 35.5. The minimum atomic E-state index is -3.72. The number of aryl methyl sites for hydroxylation is 1. The molecule has 0 saturated carbocycles. The molecule has 0 unspecified atom stereocenters. The molecule has 3 rings (SSSR count). The molecule has 1 N–H and O–H groups in total. The lowest BCUT2D eigenvalue weighted by atomic mass is 10.2. The fourth-order valence-corrected chi connectivity index (χ4v) is 4.97. The number of amides is 1. The lowest BCUT2D eigenvalue weighted by molar-refractivity contribution is -0.0440. The maximum Gasteiger partial charge on any atom is 0.255 e. The Kier molecular flexibility index (Phi) is 6.09. The summed E-state index contributed by atoms with van der Waals surface area (Å²) in [6.45, 7) is 6.12. The second-order valence-electron chi connectivity index (χ2n) is 7.03. The highest BCUT2D eigenvalue weighted by Crippen LogP contribution is 2.23. The third-order valence-electron chi connectivity index (χ3n) is 4.55.